The molecular weight excluding hydrogens is 285 g/mol. The molecule has 0 spiro atoms. The molecule has 1 amide bonds. The van der Waals surface area contributed by atoms with Gasteiger partial charge in [-0.1, -0.05) is 12.1 Å². The van der Waals surface area contributed by atoms with Crippen molar-refractivity contribution in [3.05, 3.63) is 35.6 Å². The number of hydrogen-bond acceptors (Lipinski definition) is 3. The van der Waals surface area contributed by atoms with Crippen molar-refractivity contribution >= 4 is 11.9 Å². The lowest BCUT2D eigenvalue weighted by Crippen LogP contribution is -2.45. The molecule has 0 aromatic heterocycles. The molecule has 1 aromatic rings. The van der Waals surface area contributed by atoms with Crippen LogP contribution in [0.4, 0.5) is 4.39 Å². The summed E-state index contributed by atoms with van der Waals surface area (Å²) in [7, 11) is 0. The first-order valence-electron chi connectivity index (χ1n) is 7.46. The SMILES string of the molecule is CC(C)(C)N(Cc1ccc(F)cc1)C(=O)C[C@H]1COC(=O)C1. The maximum Gasteiger partial charge on any atom is 0.306 e. The van der Waals surface area contributed by atoms with Crippen LogP contribution in [-0.2, 0) is 20.9 Å². The van der Waals surface area contributed by atoms with E-state index in [4.69, 9.17) is 4.74 Å². The molecule has 1 saturated heterocycles. The van der Waals surface area contributed by atoms with Crippen LogP contribution in [0.2, 0.25) is 0 Å². The maximum absolute atomic E-state index is 13.0. The minimum absolute atomic E-state index is 0.0138. The van der Waals surface area contributed by atoms with Crippen LogP contribution in [0.25, 0.3) is 0 Å². The zero-order valence-electron chi connectivity index (χ0n) is 13.3. The number of carbonyl (C=O) groups is 2. The fourth-order valence-corrected chi connectivity index (χ4v) is 2.52. The Balaban J connectivity index is 2.07. The third-order valence-electron chi connectivity index (χ3n) is 3.76. The Morgan fingerprint density at radius 2 is 1.95 bits per heavy atom. The molecule has 0 saturated carbocycles. The molecule has 0 bridgehead atoms. The monoisotopic (exact) mass is 307 g/mol. The molecule has 0 unspecified atom stereocenters. The van der Waals surface area contributed by atoms with Gasteiger partial charge in [0.2, 0.25) is 5.91 Å². The Kier molecular flexibility index (Phi) is 4.84. The maximum atomic E-state index is 13.0. The van der Waals surface area contributed by atoms with E-state index in [9.17, 15) is 14.0 Å². The number of nitrogens with zero attached hydrogens (tertiary/aromatic N) is 1. The zero-order valence-corrected chi connectivity index (χ0v) is 13.3. The molecule has 1 fully saturated rings. The highest BCUT2D eigenvalue weighted by atomic mass is 19.1. The van der Waals surface area contributed by atoms with E-state index in [-0.39, 0.29) is 29.2 Å². The Morgan fingerprint density at radius 1 is 1.32 bits per heavy atom. The van der Waals surface area contributed by atoms with E-state index in [0.717, 1.165) is 5.56 Å². The number of hydrogen-bond donors (Lipinski definition) is 0. The third kappa shape index (κ3) is 4.29. The van der Waals surface area contributed by atoms with Crippen LogP contribution in [0.3, 0.4) is 0 Å². The second kappa shape index (κ2) is 6.46. The van der Waals surface area contributed by atoms with Gasteiger partial charge in [0, 0.05) is 24.4 Å². The smallest absolute Gasteiger partial charge is 0.306 e. The van der Waals surface area contributed by atoms with Crippen LogP contribution < -0.4 is 0 Å². The van der Waals surface area contributed by atoms with E-state index in [1.54, 1.807) is 17.0 Å². The number of ether oxygens (including phenoxy) is 1. The van der Waals surface area contributed by atoms with Gasteiger partial charge in [0.05, 0.1) is 13.0 Å². The lowest BCUT2D eigenvalue weighted by atomic mass is 9.99. The lowest BCUT2D eigenvalue weighted by molar-refractivity contribution is -0.139. The molecule has 120 valence electrons. The highest BCUT2D eigenvalue weighted by molar-refractivity contribution is 5.79. The van der Waals surface area contributed by atoms with E-state index in [2.05, 4.69) is 0 Å². The first kappa shape index (κ1) is 16.5. The number of cyclic esters (lactones) is 1. The van der Waals surface area contributed by atoms with Gasteiger partial charge in [-0.15, -0.1) is 0 Å². The summed E-state index contributed by atoms with van der Waals surface area (Å²) in [5.41, 5.74) is 0.526. The van der Waals surface area contributed by atoms with Crippen molar-refractivity contribution in [1.82, 2.24) is 4.90 Å². The number of amides is 1. The van der Waals surface area contributed by atoms with Crippen LogP contribution in [0.15, 0.2) is 24.3 Å². The number of carbonyl (C=O) groups excluding carboxylic acids is 2. The van der Waals surface area contributed by atoms with Crippen molar-refractivity contribution in [2.24, 2.45) is 5.92 Å². The molecule has 1 aliphatic rings. The highest BCUT2D eigenvalue weighted by Gasteiger charge is 2.31. The van der Waals surface area contributed by atoms with Gasteiger partial charge >= 0.3 is 5.97 Å². The average Bonchev–Trinajstić information content (AvgIpc) is 2.81. The molecule has 2 rings (SSSR count). The summed E-state index contributed by atoms with van der Waals surface area (Å²) >= 11 is 0. The topological polar surface area (TPSA) is 46.6 Å². The molecule has 4 nitrogen and oxygen atoms in total. The predicted octanol–water partition coefficient (Wildman–Crippen LogP) is 2.91. The Bertz CT molecular complexity index is 548. The lowest BCUT2D eigenvalue weighted by Gasteiger charge is -2.36. The number of halogens is 1. The van der Waals surface area contributed by atoms with Gasteiger partial charge in [-0.25, -0.2) is 4.39 Å². The second-order valence-electron chi connectivity index (χ2n) is 6.73. The van der Waals surface area contributed by atoms with Crippen molar-refractivity contribution in [3.8, 4) is 0 Å². The van der Waals surface area contributed by atoms with Gasteiger partial charge in [0.15, 0.2) is 0 Å². The zero-order chi connectivity index (χ0) is 16.3. The number of esters is 1. The summed E-state index contributed by atoms with van der Waals surface area (Å²) in [6, 6.07) is 6.15. The Labute approximate surface area is 130 Å². The minimum atomic E-state index is -0.352. The van der Waals surface area contributed by atoms with Crippen molar-refractivity contribution in [2.75, 3.05) is 6.61 Å². The fourth-order valence-electron chi connectivity index (χ4n) is 2.52. The normalized spacial score (nSPS) is 18.2. The first-order valence-corrected chi connectivity index (χ1v) is 7.46. The van der Waals surface area contributed by atoms with Crippen molar-refractivity contribution in [3.63, 3.8) is 0 Å². The second-order valence-corrected chi connectivity index (χ2v) is 6.73. The van der Waals surface area contributed by atoms with Crippen molar-refractivity contribution < 1.29 is 18.7 Å². The minimum Gasteiger partial charge on any atom is -0.465 e. The van der Waals surface area contributed by atoms with Gasteiger partial charge in [-0.3, -0.25) is 9.59 Å². The Morgan fingerprint density at radius 3 is 2.45 bits per heavy atom. The largest absolute Gasteiger partial charge is 0.465 e. The molecule has 1 aliphatic heterocycles. The van der Waals surface area contributed by atoms with Crippen molar-refractivity contribution in [2.45, 2.75) is 45.7 Å². The summed E-state index contributed by atoms with van der Waals surface area (Å²) in [5, 5.41) is 0. The molecule has 0 N–H and O–H groups in total. The molecule has 22 heavy (non-hydrogen) atoms. The predicted molar refractivity (Wildman–Crippen MR) is 80.4 cm³/mol. The molecule has 1 aromatic carbocycles. The van der Waals surface area contributed by atoms with Gasteiger partial charge in [-0.05, 0) is 38.5 Å². The van der Waals surface area contributed by atoms with Crippen LogP contribution in [0.1, 0.15) is 39.2 Å². The van der Waals surface area contributed by atoms with Crippen LogP contribution >= 0.6 is 0 Å². The molecule has 0 aliphatic carbocycles. The molecule has 1 heterocycles. The van der Waals surface area contributed by atoms with Crippen LogP contribution in [-0.4, -0.2) is 28.9 Å². The molecule has 1 atom stereocenters. The van der Waals surface area contributed by atoms with Gasteiger partial charge in [0.1, 0.15) is 5.82 Å². The van der Waals surface area contributed by atoms with Gasteiger partial charge in [-0.2, -0.15) is 0 Å². The van der Waals surface area contributed by atoms with Gasteiger partial charge in [0.25, 0.3) is 0 Å². The van der Waals surface area contributed by atoms with E-state index in [1.165, 1.54) is 12.1 Å². The average molecular weight is 307 g/mol. The molecular formula is C17H22FNO3. The van der Waals surface area contributed by atoms with Gasteiger partial charge < -0.3 is 9.64 Å². The summed E-state index contributed by atoms with van der Waals surface area (Å²) in [6.07, 6.45) is 0.602. The number of benzene rings is 1. The van der Waals surface area contributed by atoms with E-state index < -0.39 is 0 Å². The van der Waals surface area contributed by atoms with Crippen molar-refractivity contribution in [1.29, 1.82) is 0 Å². The van der Waals surface area contributed by atoms with E-state index in [1.807, 2.05) is 20.8 Å². The van der Waals surface area contributed by atoms with E-state index >= 15 is 0 Å². The summed E-state index contributed by atoms with van der Waals surface area (Å²) in [6.45, 7) is 6.63. The number of rotatable bonds is 4. The van der Waals surface area contributed by atoms with Crippen LogP contribution in [0, 0.1) is 11.7 Å². The van der Waals surface area contributed by atoms with Crippen LogP contribution in [0.5, 0.6) is 0 Å². The quantitative estimate of drug-likeness (QED) is 0.804. The fraction of sp³-hybridized carbons (Fsp3) is 0.529. The summed E-state index contributed by atoms with van der Waals surface area (Å²) < 4.78 is 17.9. The van der Waals surface area contributed by atoms with E-state index in [0.29, 0.717) is 26.0 Å². The third-order valence-corrected chi connectivity index (χ3v) is 3.76. The molecule has 5 heteroatoms. The standard InChI is InChI=1S/C17H22FNO3/c1-17(2,3)19(10-12-4-6-14(18)7-5-12)15(20)8-13-9-16(21)22-11-13/h4-7,13H,8-11H2,1-3H3/t13-/m1/s1. The molecule has 0 radical (unpaired) electrons. The Hall–Kier alpha value is -1.91. The summed E-state index contributed by atoms with van der Waals surface area (Å²) in [4.78, 5) is 25.5. The highest BCUT2D eigenvalue weighted by Crippen LogP contribution is 2.24. The summed E-state index contributed by atoms with van der Waals surface area (Å²) in [5.74, 6) is -0.587. The first-order chi connectivity index (χ1) is 10.3.